The Labute approximate surface area is 168 Å². The zero-order chi connectivity index (χ0) is 20.1. The molecule has 3 aromatic carbocycles. The monoisotopic (exact) mass is 385 g/mol. The van der Waals surface area contributed by atoms with Crippen LogP contribution in [0.5, 0.6) is 0 Å². The second-order valence-electron chi connectivity index (χ2n) is 6.73. The molecule has 144 valence electrons. The summed E-state index contributed by atoms with van der Waals surface area (Å²) >= 11 is 0. The molecule has 29 heavy (non-hydrogen) atoms. The molecule has 4 nitrogen and oxygen atoms in total. The van der Waals surface area contributed by atoms with E-state index in [2.05, 4.69) is 10.4 Å². The molecule has 1 heterocycles. The van der Waals surface area contributed by atoms with E-state index in [1.54, 1.807) is 35.1 Å². The lowest BCUT2D eigenvalue weighted by Crippen LogP contribution is -2.22. The molecular weight excluding hydrogens is 365 g/mol. The number of carbonyl (C=O) groups excluding carboxylic acids is 1. The minimum Gasteiger partial charge on any atom is -0.308 e. The largest absolute Gasteiger partial charge is 0.308 e. The standard InChI is InChI=1S/C24H20FN3O/c25-21-14-8-7-13-20(21)17-28-16-15-22(27-28)26-24(29)23(18-9-3-1-4-10-18)19-11-5-2-6-12-19/h1-16,23H,17H2,(H,26,27,29). The minimum atomic E-state index is -0.450. The average Bonchev–Trinajstić information content (AvgIpc) is 3.18. The molecular formula is C24H20FN3O. The quantitative estimate of drug-likeness (QED) is 0.516. The van der Waals surface area contributed by atoms with Gasteiger partial charge in [-0.25, -0.2) is 4.39 Å². The van der Waals surface area contributed by atoms with E-state index in [0.717, 1.165) is 11.1 Å². The van der Waals surface area contributed by atoms with E-state index in [0.29, 0.717) is 17.9 Å². The van der Waals surface area contributed by atoms with Crippen LogP contribution in [0.15, 0.2) is 97.2 Å². The van der Waals surface area contributed by atoms with Crippen molar-refractivity contribution < 1.29 is 9.18 Å². The molecule has 1 aromatic heterocycles. The van der Waals surface area contributed by atoms with Gasteiger partial charge in [0.05, 0.1) is 12.5 Å². The van der Waals surface area contributed by atoms with Crippen molar-refractivity contribution in [2.24, 2.45) is 0 Å². The average molecular weight is 385 g/mol. The van der Waals surface area contributed by atoms with Crippen molar-refractivity contribution in [2.45, 2.75) is 12.5 Å². The Hall–Kier alpha value is -3.73. The van der Waals surface area contributed by atoms with Gasteiger partial charge in [0, 0.05) is 17.8 Å². The number of nitrogens with one attached hydrogen (secondary N) is 1. The Morgan fingerprint density at radius 2 is 1.45 bits per heavy atom. The summed E-state index contributed by atoms with van der Waals surface area (Å²) in [6, 6.07) is 27.6. The van der Waals surface area contributed by atoms with Crippen molar-refractivity contribution >= 4 is 11.7 Å². The Kier molecular flexibility index (Phi) is 5.47. The van der Waals surface area contributed by atoms with Gasteiger partial charge in [-0.3, -0.25) is 9.48 Å². The smallest absolute Gasteiger partial charge is 0.237 e. The molecule has 0 spiro atoms. The molecule has 1 amide bonds. The van der Waals surface area contributed by atoms with Gasteiger partial charge in [0.1, 0.15) is 5.82 Å². The van der Waals surface area contributed by atoms with Gasteiger partial charge in [0.2, 0.25) is 5.91 Å². The first kappa shape index (κ1) is 18.6. The van der Waals surface area contributed by atoms with Crippen molar-refractivity contribution in [1.29, 1.82) is 0 Å². The summed E-state index contributed by atoms with van der Waals surface area (Å²) < 4.78 is 15.5. The third kappa shape index (κ3) is 4.41. The number of carbonyl (C=O) groups is 1. The molecule has 4 aromatic rings. The molecule has 0 fully saturated rings. The van der Waals surface area contributed by atoms with Crippen LogP contribution < -0.4 is 5.32 Å². The van der Waals surface area contributed by atoms with Crippen LogP contribution in [0.25, 0.3) is 0 Å². The number of amides is 1. The predicted octanol–water partition coefficient (Wildman–Crippen LogP) is 4.84. The minimum absolute atomic E-state index is 0.168. The maximum atomic E-state index is 13.9. The summed E-state index contributed by atoms with van der Waals surface area (Å²) in [5, 5.41) is 7.27. The molecule has 0 aliphatic carbocycles. The van der Waals surface area contributed by atoms with Gasteiger partial charge in [0.25, 0.3) is 0 Å². The van der Waals surface area contributed by atoms with Gasteiger partial charge >= 0.3 is 0 Å². The van der Waals surface area contributed by atoms with E-state index in [4.69, 9.17) is 0 Å². The lowest BCUT2D eigenvalue weighted by atomic mass is 9.90. The van der Waals surface area contributed by atoms with Crippen molar-refractivity contribution in [3.63, 3.8) is 0 Å². The van der Waals surface area contributed by atoms with Crippen LogP contribution in [0, 0.1) is 5.82 Å². The lowest BCUT2D eigenvalue weighted by molar-refractivity contribution is -0.116. The number of anilines is 1. The van der Waals surface area contributed by atoms with Gasteiger partial charge in [-0.1, -0.05) is 78.9 Å². The topological polar surface area (TPSA) is 46.9 Å². The Morgan fingerprint density at radius 3 is 2.07 bits per heavy atom. The molecule has 4 rings (SSSR count). The molecule has 0 radical (unpaired) electrons. The lowest BCUT2D eigenvalue weighted by Gasteiger charge is -2.17. The molecule has 0 aliphatic rings. The maximum absolute atomic E-state index is 13.9. The van der Waals surface area contributed by atoms with Crippen LogP contribution in [0.4, 0.5) is 10.2 Å². The summed E-state index contributed by atoms with van der Waals surface area (Å²) in [5.41, 5.74) is 2.35. The molecule has 0 saturated heterocycles. The van der Waals surface area contributed by atoms with Gasteiger partial charge in [0.15, 0.2) is 5.82 Å². The molecule has 0 bridgehead atoms. The third-order valence-electron chi connectivity index (χ3n) is 4.71. The summed E-state index contributed by atoms with van der Waals surface area (Å²) in [5.74, 6) is -0.460. The number of aromatic nitrogens is 2. The molecule has 0 unspecified atom stereocenters. The Morgan fingerprint density at radius 1 is 0.862 bits per heavy atom. The number of nitrogens with zero attached hydrogens (tertiary/aromatic N) is 2. The maximum Gasteiger partial charge on any atom is 0.237 e. The second kappa shape index (κ2) is 8.52. The number of hydrogen-bond donors (Lipinski definition) is 1. The highest BCUT2D eigenvalue weighted by Crippen LogP contribution is 2.26. The number of rotatable bonds is 6. The van der Waals surface area contributed by atoms with Crippen LogP contribution in [0.1, 0.15) is 22.6 Å². The van der Waals surface area contributed by atoms with E-state index in [1.807, 2.05) is 60.7 Å². The van der Waals surface area contributed by atoms with Crippen molar-refractivity contribution in [1.82, 2.24) is 9.78 Å². The summed E-state index contributed by atoms with van der Waals surface area (Å²) in [6.07, 6.45) is 1.72. The van der Waals surface area contributed by atoms with Gasteiger partial charge in [-0.2, -0.15) is 5.10 Å². The van der Waals surface area contributed by atoms with Gasteiger partial charge in [-0.15, -0.1) is 0 Å². The number of hydrogen-bond acceptors (Lipinski definition) is 2. The second-order valence-corrected chi connectivity index (χ2v) is 6.73. The first-order valence-electron chi connectivity index (χ1n) is 9.38. The molecule has 1 N–H and O–H groups in total. The van der Waals surface area contributed by atoms with Crippen LogP contribution in [-0.2, 0) is 11.3 Å². The molecule has 0 atom stereocenters. The van der Waals surface area contributed by atoms with Crippen LogP contribution in [0.2, 0.25) is 0 Å². The highest BCUT2D eigenvalue weighted by atomic mass is 19.1. The summed E-state index contributed by atoms with van der Waals surface area (Å²) in [4.78, 5) is 13.1. The van der Waals surface area contributed by atoms with Crippen molar-refractivity contribution in [3.05, 3.63) is 120 Å². The predicted molar refractivity (Wildman–Crippen MR) is 111 cm³/mol. The van der Waals surface area contributed by atoms with E-state index in [1.165, 1.54) is 6.07 Å². The Bertz CT molecular complexity index is 1050. The first-order valence-corrected chi connectivity index (χ1v) is 9.38. The summed E-state index contributed by atoms with van der Waals surface area (Å²) in [7, 11) is 0. The van der Waals surface area contributed by atoms with Gasteiger partial charge in [-0.05, 0) is 17.2 Å². The SMILES string of the molecule is O=C(Nc1ccn(Cc2ccccc2F)n1)C(c1ccccc1)c1ccccc1. The normalized spacial score (nSPS) is 10.8. The zero-order valence-corrected chi connectivity index (χ0v) is 15.7. The number of benzene rings is 3. The van der Waals surface area contributed by atoms with E-state index < -0.39 is 5.92 Å². The van der Waals surface area contributed by atoms with E-state index >= 15 is 0 Å². The van der Waals surface area contributed by atoms with Crippen LogP contribution in [-0.4, -0.2) is 15.7 Å². The van der Waals surface area contributed by atoms with E-state index in [9.17, 15) is 9.18 Å². The first-order chi connectivity index (χ1) is 14.2. The highest BCUT2D eigenvalue weighted by molar-refractivity contribution is 5.97. The fourth-order valence-corrected chi connectivity index (χ4v) is 3.30. The third-order valence-corrected chi connectivity index (χ3v) is 4.71. The molecule has 0 aliphatic heterocycles. The fourth-order valence-electron chi connectivity index (χ4n) is 3.30. The summed E-state index contributed by atoms with van der Waals surface area (Å²) in [6.45, 7) is 0.295. The zero-order valence-electron chi connectivity index (χ0n) is 15.7. The van der Waals surface area contributed by atoms with Crippen LogP contribution in [0.3, 0.4) is 0 Å². The molecule has 5 heteroatoms. The van der Waals surface area contributed by atoms with E-state index in [-0.39, 0.29) is 11.7 Å². The highest BCUT2D eigenvalue weighted by Gasteiger charge is 2.23. The fraction of sp³-hybridized carbons (Fsp3) is 0.0833. The van der Waals surface area contributed by atoms with Crippen molar-refractivity contribution in [3.8, 4) is 0 Å². The van der Waals surface area contributed by atoms with Crippen LogP contribution >= 0.6 is 0 Å². The Balaban J connectivity index is 1.54. The molecule has 0 saturated carbocycles. The van der Waals surface area contributed by atoms with Gasteiger partial charge < -0.3 is 5.32 Å². The van der Waals surface area contributed by atoms with Crippen molar-refractivity contribution in [2.75, 3.05) is 5.32 Å². The number of halogens is 1.